The van der Waals surface area contributed by atoms with Gasteiger partial charge in [0.1, 0.15) is 0 Å². The molecule has 74 valence electrons. The molecule has 1 aromatic carbocycles. The fourth-order valence-electron chi connectivity index (χ4n) is 1.68. The predicted octanol–water partition coefficient (Wildman–Crippen LogP) is 2.51. The fraction of sp³-hybridized carbons (Fsp3) is 0.417. The summed E-state index contributed by atoms with van der Waals surface area (Å²) >= 11 is 0. The van der Waals surface area contributed by atoms with Gasteiger partial charge in [-0.1, -0.05) is 30.3 Å². The van der Waals surface area contributed by atoms with Crippen LogP contribution in [-0.4, -0.2) is 24.3 Å². The first-order valence-corrected chi connectivity index (χ1v) is 5.29. The molecule has 1 heterocycles. The second-order valence-corrected chi connectivity index (χ2v) is 3.67. The van der Waals surface area contributed by atoms with E-state index in [1.807, 2.05) is 24.4 Å². The van der Waals surface area contributed by atoms with Crippen LogP contribution >= 0.6 is 0 Å². The molecule has 1 aliphatic heterocycles. The van der Waals surface area contributed by atoms with Gasteiger partial charge in [-0.05, 0) is 24.8 Å². The minimum atomic E-state index is 1.11. The number of hydrazone groups is 1. The molecule has 0 spiro atoms. The molecule has 0 bridgehead atoms. The topological polar surface area (TPSA) is 15.6 Å². The Kier molecular flexibility index (Phi) is 3.17. The normalized spacial score (nSPS) is 17.6. The van der Waals surface area contributed by atoms with Gasteiger partial charge in [0.05, 0.1) is 6.21 Å². The van der Waals surface area contributed by atoms with Crippen molar-refractivity contribution in [1.82, 2.24) is 5.01 Å². The van der Waals surface area contributed by atoms with Gasteiger partial charge < -0.3 is 0 Å². The number of hydrogen-bond donors (Lipinski definition) is 0. The van der Waals surface area contributed by atoms with E-state index < -0.39 is 0 Å². The van der Waals surface area contributed by atoms with E-state index in [0.717, 1.165) is 13.1 Å². The third-order valence-corrected chi connectivity index (χ3v) is 2.50. The molecule has 0 aliphatic carbocycles. The Labute approximate surface area is 85.2 Å². The minimum Gasteiger partial charge on any atom is -0.297 e. The maximum Gasteiger partial charge on any atom is 0.0542 e. The van der Waals surface area contributed by atoms with Gasteiger partial charge in [0.2, 0.25) is 0 Å². The van der Waals surface area contributed by atoms with Gasteiger partial charge in [0.25, 0.3) is 0 Å². The second kappa shape index (κ2) is 4.80. The summed E-state index contributed by atoms with van der Waals surface area (Å²) in [5.41, 5.74) is 1.18. The highest BCUT2D eigenvalue weighted by atomic mass is 15.4. The fourth-order valence-corrected chi connectivity index (χ4v) is 1.68. The molecule has 0 amide bonds. The van der Waals surface area contributed by atoms with Gasteiger partial charge in [-0.25, -0.2) is 0 Å². The molecule has 2 nitrogen and oxygen atoms in total. The van der Waals surface area contributed by atoms with Crippen LogP contribution in [0.1, 0.15) is 24.8 Å². The number of hydrogen-bond acceptors (Lipinski definition) is 2. The molecule has 0 atom stereocenters. The van der Waals surface area contributed by atoms with Crippen molar-refractivity contribution in [3.63, 3.8) is 0 Å². The standard InChI is InChI=1S/C12H16N2/c1-3-7-12(8-4-1)11-13-14-9-5-2-6-10-14/h1,3-4,7-8,11H,2,5-6,9-10H2. The first kappa shape index (κ1) is 9.25. The average Bonchev–Trinajstić information content (AvgIpc) is 2.29. The largest absolute Gasteiger partial charge is 0.297 e. The molecule has 1 aromatic rings. The van der Waals surface area contributed by atoms with Gasteiger partial charge in [0, 0.05) is 13.1 Å². The smallest absolute Gasteiger partial charge is 0.0542 e. The zero-order valence-corrected chi connectivity index (χ0v) is 8.39. The van der Waals surface area contributed by atoms with Crippen molar-refractivity contribution >= 4 is 6.21 Å². The molecule has 2 heteroatoms. The Morgan fingerprint density at radius 1 is 1.00 bits per heavy atom. The monoisotopic (exact) mass is 188 g/mol. The summed E-state index contributed by atoms with van der Waals surface area (Å²) in [6.45, 7) is 2.23. The van der Waals surface area contributed by atoms with Crippen molar-refractivity contribution in [3.05, 3.63) is 35.9 Å². The minimum absolute atomic E-state index is 1.11. The van der Waals surface area contributed by atoms with Gasteiger partial charge in [0.15, 0.2) is 0 Å². The Hall–Kier alpha value is -1.31. The van der Waals surface area contributed by atoms with Crippen LogP contribution in [0.2, 0.25) is 0 Å². The van der Waals surface area contributed by atoms with Crippen LogP contribution in [0.25, 0.3) is 0 Å². The van der Waals surface area contributed by atoms with Crippen molar-refractivity contribution in [2.45, 2.75) is 19.3 Å². The van der Waals surface area contributed by atoms with Crippen LogP contribution in [-0.2, 0) is 0 Å². The zero-order chi connectivity index (χ0) is 9.64. The lowest BCUT2D eigenvalue weighted by Gasteiger charge is -2.23. The molecular weight excluding hydrogens is 172 g/mol. The van der Waals surface area contributed by atoms with Crippen molar-refractivity contribution in [2.24, 2.45) is 5.10 Å². The van der Waals surface area contributed by atoms with E-state index in [0.29, 0.717) is 0 Å². The lowest BCUT2D eigenvalue weighted by molar-refractivity contribution is 0.240. The van der Waals surface area contributed by atoms with E-state index in [1.54, 1.807) is 0 Å². The number of nitrogens with zero attached hydrogens (tertiary/aromatic N) is 2. The van der Waals surface area contributed by atoms with E-state index in [-0.39, 0.29) is 0 Å². The zero-order valence-electron chi connectivity index (χ0n) is 8.39. The number of benzene rings is 1. The van der Waals surface area contributed by atoms with Crippen LogP contribution in [0.4, 0.5) is 0 Å². The van der Waals surface area contributed by atoms with Crippen molar-refractivity contribution < 1.29 is 0 Å². The highest BCUT2D eigenvalue weighted by Gasteiger charge is 2.05. The van der Waals surface area contributed by atoms with Crippen molar-refractivity contribution in [2.75, 3.05) is 13.1 Å². The van der Waals surface area contributed by atoms with E-state index >= 15 is 0 Å². The van der Waals surface area contributed by atoms with Gasteiger partial charge in [-0.3, -0.25) is 5.01 Å². The highest BCUT2D eigenvalue weighted by molar-refractivity contribution is 5.79. The highest BCUT2D eigenvalue weighted by Crippen LogP contribution is 2.08. The molecular formula is C12H16N2. The van der Waals surface area contributed by atoms with Crippen molar-refractivity contribution in [3.8, 4) is 0 Å². The molecule has 0 radical (unpaired) electrons. The lowest BCUT2D eigenvalue weighted by atomic mass is 10.2. The number of piperidine rings is 1. The van der Waals surface area contributed by atoms with E-state index in [9.17, 15) is 0 Å². The molecule has 2 rings (SSSR count). The van der Waals surface area contributed by atoms with Crippen LogP contribution < -0.4 is 0 Å². The summed E-state index contributed by atoms with van der Waals surface area (Å²) in [7, 11) is 0. The first-order valence-electron chi connectivity index (χ1n) is 5.29. The third kappa shape index (κ3) is 2.59. The quantitative estimate of drug-likeness (QED) is 0.651. The molecule has 14 heavy (non-hydrogen) atoms. The SMILES string of the molecule is C(=NN1CCCCC1)c1ccccc1. The summed E-state index contributed by atoms with van der Waals surface area (Å²) < 4.78 is 0. The second-order valence-electron chi connectivity index (χ2n) is 3.67. The molecule has 0 unspecified atom stereocenters. The summed E-state index contributed by atoms with van der Waals surface area (Å²) in [6, 6.07) is 10.3. The summed E-state index contributed by atoms with van der Waals surface area (Å²) in [5, 5.41) is 6.62. The van der Waals surface area contributed by atoms with E-state index in [2.05, 4.69) is 22.2 Å². The maximum atomic E-state index is 4.46. The summed E-state index contributed by atoms with van der Waals surface area (Å²) in [4.78, 5) is 0. The van der Waals surface area contributed by atoms with Gasteiger partial charge >= 0.3 is 0 Å². The molecule has 1 saturated heterocycles. The molecule has 0 aromatic heterocycles. The third-order valence-electron chi connectivity index (χ3n) is 2.50. The van der Waals surface area contributed by atoms with Crippen molar-refractivity contribution in [1.29, 1.82) is 0 Å². The summed E-state index contributed by atoms with van der Waals surface area (Å²) in [5.74, 6) is 0. The van der Waals surface area contributed by atoms with Crippen LogP contribution in [0.15, 0.2) is 35.4 Å². The number of rotatable bonds is 2. The van der Waals surface area contributed by atoms with Gasteiger partial charge in [-0.15, -0.1) is 0 Å². The maximum absolute atomic E-state index is 4.46. The van der Waals surface area contributed by atoms with Crippen LogP contribution in [0, 0.1) is 0 Å². The predicted molar refractivity (Wildman–Crippen MR) is 59.5 cm³/mol. The van der Waals surface area contributed by atoms with Crippen LogP contribution in [0.5, 0.6) is 0 Å². The van der Waals surface area contributed by atoms with E-state index in [1.165, 1.54) is 24.8 Å². The Bertz CT molecular complexity index is 286. The Morgan fingerprint density at radius 3 is 2.43 bits per heavy atom. The summed E-state index contributed by atoms with van der Waals surface area (Å²) in [6.07, 6.45) is 5.88. The first-order chi connectivity index (χ1) is 6.95. The molecule has 0 saturated carbocycles. The van der Waals surface area contributed by atoms with E-state index in [4.69, 9.17) is 0 Å². The molecule has 0 N–H and O–H groups in total. The molecule has 1 fully saturated rings. The lowest BCUT2D eigenvalue weighted by Crippen LogP contribution is -2.24. The Balaban J connectivity index is 1.93. The average molecular weight is 188 g/mol. The Morgan fingerprint density at radius 2 is 1.71 bits per heavy atom. The van der Waals surface area contributed by atoms with Crippen LogP contribution in [0.3, 0.4) is 0 Å². The molecule has 1 aliphatic rings. The van der Waals surface area contributed by atoms with Gasteiger partial charge in [-0.2, -0.15) is 5.10 Å².